The minimum Gasteiger partial charge on any atom is -0.490 e. The molecule has 1 fully saturated rings. The summed E-state index contributed by atoms with van der Waals surface area (Å²) in [5, 5.41) is 56.7. The van der Waals surface area contributed by atoms with E-state index in [0.29, 0.717) is 18.4 Å². The van der Waals surface area contributed by atoms with Crippen LogP contribution < -0.4 is 0 Å². The molecule has 0 amide bonds. The highest BCUT2D eigenvalue weighted by atomic mass is 16.6. The summed E-state index contributed by atoms with van der Waals surface area (Å²) < 4.78 is 23.4. The van der Waals surface area contributed by atoms with Crippen molar-refractivity contribution in [1.82, 2.24) is 0 Å². The molecule has 0 unspecified atom stereocenters. The Morgan fingerprint density at radius 3 is 2.33 bits per heavy atom. The molecule has 14 atom stereocenters. The fourth-order valence-electron chi connectivity index (χ4n) is 7.18. The van der Waals surface area contributed by atoms with Crippen LogP contribution in [-0.2, 0) is 23.7 Å². The van der Waals surface area contributed by atoms with Gasteiger partial charge in [0, 0.05) is 43.1 Å². The number of hydrogen-bond donors (Lipinski definition) is 5. The molecular formula is C39H64O10. The number of hydrogen-bond acceptors (Lipinski definition) is 10. The fourth-order valence-corrected chi connectivity index (χ4v) is 7.18. The maximum Gasteiger partial charge on any atom is 0.373 e. The molecule has 10 nitrogen and oxygen atoms in total. The van der Waals surface area contributed by atoms with Gasteiger partial charge < -0.3 is 44.5 Å². The lowest BCUT2D eigenvalue weighted by atomic mass is 9.77. The van der Waals surface area contributed by atoms with Gasteiger partial charge in [0.2, 0.25) is 5.76 Å². The van der Waals surface area contributed by atoms with Crippen molar-refractivity contribution in [2.45, 2.75) is 130 Å². The van der Waals surface area contributed by atoms with E-state index in [9.17, 15) is 30.3 Å². The van der Waals surface area contributed by atoms with Crippen LogP contribution in [0.3, 0.4) is 0 Å². The molecule has 0 spiro atoms. The summed E-state index contributed by atoms with van der Waals surface area (Å²) in [5.74, 6) is -5.49. The van der Waals surface area contributed by atoms with Crippen LogP contribution in [-0.4, -0.2) is 94.2 Å². The Labute approximate surface area is 294 Å². The minimum absolute atomic E-state index is 0.0906. The van der Waals surface area contributed by atoms with Crippen LogP contribution in [0.25, 0.3) is 0 Å². The molecule has 0 aromatic carbocycles. The Morgan fingerprint density at radius 2 is 1.76 bits per heavy atom. The number of carbonyl (C=O) groups excluding carboxylic acids is 1. The molecule has 5 N–H and O–H groups in total. The largest absolute Gasteiger partial charge is 0.490 e. The first-order valence-electron chi connectivity index (χ1n) is 17.7. The number of allylic oxidation sites excluding steroid dienone is 6. The maximum atomic E-state index is 13.7. The molecule has 49 heavy (non-hydrogen) atoms. The van der Waals surface area contributed by atoms with Gasteiger partial charge in [0.15, 0.2) is 5.79 Å². The van der Waals surface area contributed by atoms with Crippen molar-refractivity contribution in [2.24, 2.45) is 35.5 Å². The molecular weight excluding hydrogens is 628 g/mol. The van der Waals surface area contributed by atoms with Crippen molar-refractivity contribution >= 4 is 5.97 Å². The van der Waals surface area contributed by atoms with Crippen LogP contribution >= 0.6 is 0 Å². The van der Waals surface area contributed by atoms with Gasteiger partial charge in [-0.2, -0.15) is 0 Å². The zero-order valence-electron chi connectivity index (χ0n) is 31.4. The molecule has 2 aliphatic rings. The van der Waals surface area contributed by atoms with Gasteiger partial charge in [-0.25, -0.2) is 4.79 Å². The van der Waals surface area contributed by atoms with Gasteiger partial charge in [0.1, 0.15) is 12.2 Å². The molecule has 0 bridgehead atoms. The molecule has 10 heteroatoms. The van der Waals surface area contributed by atoms with Crippen LogP contribution in [0.15, 0.2) is 59.4 Å². The van der Waals surface area contributed by atoms with Crippen LogP contribution in [0.5, 0.6) is 0 Å². The second kappa shape index (κ2) is 19.3. The van der Waals surface area contributed by atoms with Gasteiger partial charge >= 0.3 is 5.97 Å². The van der Waals surface area contributed by atoms with Crippen molar-refractivity contribution in [2.75, 3.05) is 14.2 Å². The van der Waals surface area contributed by atoms with Crippen molar-refractivity contribution in [1.29, 1.82) is 0 Å². The van der Waals surface area contributed by atoms with Gasteiger partial charge in [-0.15, -0.1) is 0 Å². The highest BCUT2D eigenvalue weighted by molar-refractivity contribution is 5.87. The third-order valence-electron chi connectivity index (χ3n) is 10.6. The van der Waals surface area contributed by atoms with Crippen LogP contribution in [0.2, 0.25) is 0 Å². The van der Waals surface area contributed by atoms with Crippen molar-refractivity contribution < 1.29 is 49.3 Å². The molecule has 1 saturated heterocycles. The molecule has 0 aliphatic carbocycles. The zero-order valence-corrected chi connectivity index (χ0v) is 31.4. The first kappa shape index (κ1) is 42.9. The van der Waals surface area contributed by atoms with E-state index in [0.717, 1.165) is 5.57 Å². The second-order valence-electron chi connectivity index (χ2n) is 14.4. The van der Waals surface area contributed by atoms with E-state index in [4.69, 9.17) is 18.9 Å². The third-order valence-corrected chi connectivity index (χ3v) is 10.6. The van der Waals surface area contributed by atoms with E-state index in [-0.39, 0.29) is 35.9 Å². The first-order valence-corrected chi connectivity index (χ1v) is 17.7. The molecule has 0 aromatic rings. The maximum absolute atomic E-state index is 13.7. The normalized spacial score (nSPS) is 40.7. The summed E-state index contributed by atoms with van der Waals surface area (Å²) in [7, 11) is 2.84. The van der Waals surface area contributed by atoms with Crippen LogP contribution in [0.4, 0.5) is 0 Å². The number of rotatable bonds is 8. The van der Waals surface area contributed by atoms with Gasteiger partial charge in [-0.3, -0.25) is 0 Å². The number of esters is 1. The lowest BCUT2D eigenvalue weighted by molar-refractivity contribution is -0.313. The van der Waals surface area contributed by atoms with Gasteiger partial charge in [0.25, 0.3) is 0 Å². The van der Waals surface area contributed by atoms with E-state index in [2.05, 4.69) is 0 Å². The van der Waals surface area contributed by atoms with E-state index in [1.165, 1.54) is 20.3 Å². The topological polar surface area (TPSA) is 155 Å². The monoisotopic (exact) mass is 692 g/mol. The van der Waals surface area contributed by atoms with E-state index < -0.39 is 66.3 Å². The average Bonchev–Trinajstić information content (AvgIpc) is 3.05. The van der Waals surface area contributed by atoms with Gasteiger partial charge in [-0.1, -0.05) is 89.1 Å². The molecule has 2 rings (SSSR count). The summed E-state index contributed by atoms with van der Waals surface area (Å²) in [6.45, 7) is 16.6. The van der Waals surface area contributed by atoms with E-state index in [1.807, 2.05) is 53.7 Å². The number of aliphatic hydroxyl groups excluding tert-OH is 4. The van der Waals surface area contributed by atoms with Crippen LogP contribution in [0, 0.1) is 35.5 Å². The van der Waals surface area contributed by atoms with Crippen molar-refractivity contribution in [3.63, 3.8) is 0 Å². The Kier molecular flexibility index (Phi) is 16.9. The smallest absolute Gasteiger partial charge is 0.373 e. The predicted molar refractivity (Wildman–Crippen MR) is 190 cm³/mol. The Bertz CT molecular complexity index is 1210. The van der Waals surface area contributed by atoms with Crippen molar-refractivity contribution in [3.8, 4) is 0 Å². The minimum atomic E-state index is -1.86. The number of methoxy groups -OCH3 is 2. The number of ether oxygens (including phenoxy) is 4. The fraction of sp³-hybridized carbons (Fsp3) is 0.718. The average molecular weight is 693 g/mol. The number of cyclic esters (lactones) is 1. The molecule has 0 radical (unpaired) electrons. The second-order valence-corrected chi connectivity index (χ2v) is 14.4. The summed E-state index contributed by atoms with van der Waals surface area (Å²) in [6.07, 6.45) is 7.35. The SMILES string of the molecule is C/C=C/[C@H]1O[C@@](O)([C@@H](C)[C@H](O)[C@H](C)[C@H]2OC(=O)/C(OC)=C/C(C)=C/[C@@H](C)[C@@H](O)[C@@H](CC)[C@@H](O)[C@H](C)CC(C)=C/C=C/[C@@H]2OC)C[C@@H](O)[C@@H]1C. The first-order chi connectivity index (χ1) is 23.0. The molecule has 0 aromatic heterocycles. The molecule has 2 aliphatic heterocycles. The lowest BCUT2D eigenvalue weighted by Gasteiger charge is -2.47. The standard InChI is InChI=1S/C39H64O10/c1-12-15-31-26(7)30(40)21-39(45,49-31)28(9)36(43)27(8)37-32(46-10)17-14-16-22(3)18-24(5)34(41)29(13-2)35(42)25(6)19-23(4)20-33(47-11)38(44)48-37/h12,14-17,19-20,24-32,34-37,40-43,45H,13,18,21H2,1-11H3/b15-12+,17-14+,22-16?,23-19+,33-20-/t24-,25-,26+,27+,28+,29+,30-,31-,32+,34+,35-,36-,37-,39-/m1/s1. The third kappa shape index (κ3) is 11.1. The highest BCUT2D eigenvalue weighted by Crippen LogP contribution is 2.40. The highest BCUT2D eigenvalue weighted by Gasteiger charge is 2.50. The number of carbonyl (C=O) groups is 1. The summed E-state index contributed by atoms with van der Waals surface area (Å²) in [5.41, 5.74) is 1.64. The molecule has 0 saturated carbocycles. The van der Waals surface area contributed by atoms with Gasteiger partial charge in [0.05, 0.1) is 37.6 Å². The Balaban J connectivity index is 2.59. The predicted octanol–water partition coefficient (Wildman–Crippen LogP) is 5.00. The summed E-state index contributed by atoms with van der Waals surface area (Å²) >= 11 is 0. The lowest BCUT2D eigenvalue weighted by Crippen LogP contribution is -2.58. The molecule has 2 heterocycles. The quantitative estimate of drug-likeness (QED) is 0.173. The number of aliphatic hydroxyl groups is 5. The summed E-state index contributed by atoms with van der Waals surface area (Å²) in [6, 6.07) is 0. The Morgan fingerprint density at radius 1 is 1.10 bits per heavy atom. The van der Waals surface area contributed by atoms with E-state index >= 15 is 0 Å². The summed E-state index contributed by atoms with van der Waals surface area (Å²) in [4.78, 5) is 13.7. The van der Waals surface area contributed by atoms with Crippen molar-refractivity contribution in [3.05, 3.63) is 59.4 Å². The molecule has 280 valence electrons. The zero-order chi connectivity index (χ0) is 37.2. The van der Waals surface area contributed by atoms with Gasteiger partial charge in [-0.05, 0) is 45.6 Å². The van der Waals surface area contributed by atoms with Crippen LogP contribution in [0.1, 0.15) is 81.6 Å². The van der Waals surface area contributed by atoms with E-state index in [1.54, 1.807) is 45.1 Å². The Hall–Kier alpha value is -2.31.